The highest BCUT2D eigenvalue weighted by atomic mass is 16.6. The van der Waals surface area contributed by atoms with E-state index in [4.69, 9.17) is 14.2 Å². The summed E-state index contributed by atoms with van der Waals surface area (Å²) in [6.07, 6.45) is 0. The van der Waals surface area contributed by atoms with E-state index < -0.39 is 5.79 Å². The van der Waals surface area contributed by atoms with Gasteiger partial charge in [0.05, 0.1) is 14.2 Å². The highest BCUT2D eigenvalue weighted by Gasteiger charge is 2.41. The minimum atomic E-state index is -1.58. The Bertz CT molecular complexity index is 917. The molecule has 0 bridgehead atoms. The minimum Gasteiger partial charge on any atom is -0.497 e. The zero-order valence-corrected chi connectivity index (χ0v) is 14.0. The lowest BCUT2D eigenvalue weighted by atomic mass is 9.87. The van der Waals surface area contributed by atoms with Crippen LogP contribution in [0.1, 0.15) is 11.1 Å². The first-order valence-electron chi connectivity index (χ1n) is 7.99. The molecule has 0 saturated heterocycles. The lowest BCUT2D eigenvalue weighted by Crippen LogP contribution is -2.37. The summed E-state index contributed by atoms with van der Waals surface area (Å²) in [5.74, 6) is 0.396. The molecule has 4 rings (SSSR count). The largest absolute Gasteiger partial charge is 0.497 e. The monoisotopic (exact) mass is 334 g/mol. The maximum atomic E-state index is 11.5. The zero-order chi connectivity index (χ0) is 17.4. The Morgan fingerprint density at radius 2 is 1.48 bits per heavy atom. The van der Waals surface area contributed by atoms with Crippen molar-refractivity contribution in [1.82, 2.24) is 0 Å². The number of hydrogen-bond acceptors (Lipinski definition) is 4. The van der Waals surface area contributed by atoms with Gasteiger partial charge in [-0.05, 0) is 42.0 Å². The van der Waals surface area contributed by atoms with Gasteiger partial charge in [0.25, 0.3) is 5.79 Å². The molecule has 0 spiro atoms. The molecule has 126 valence electrons. The predicted molar refractivity (Wildman–Crippen MR) is 95.1 cm³/mol. The van der Waals surface area contributed by atoms with Crippen molar-refractivity contribution >= 4 is 0 Å². The first-order chi connectivity index (χ1) is 12.2. The van der Waals surface area contributed by atoms with Crippen LogP contribution in [0.5, 0.6) is 17.2 Å². The average molecular weight is 334 g/mol. The Labute approximate surface area is 146 Å². The van der Waals surface area contributed by atoms with Crippen molar-refractivity contribution < 1.29 is 19.3 Å². The highest BCUT2D eigenvalue weighted by Crippen LogP contribution is 2.48. The molecule has 0 amide bonds. The van der Waals surface area contributed by atoms with E-state index in [9.17, 15) is 5.11 Å². The van der Waals surface area contributed by atoms with E-state index in [0.717, 1.165) is 16.9 Å². The molecule has 0 fully saturated rings. The molecule has 0 radical (unpaired) electrons. The fourth-order valence-electron chi connectivity index (χ4n) is 3.20. The Morgan fingerprint density at radius 3 is 2.20 bits per heavy atom. The second-order valence-corrected chi connectivity index (χ2v) is 5.88. The smallest absolute Gasteiger partial charge is 0.262 e. The maximum absolute atomic E-state index is 11.5. The van der Waals surface area contributed by atoms with Gasteiger partial charge in [0.2, 0.25) is 0 Å². The second-order valence-electron chi connectivity index (χ2n) is 5.88. The summed E-state index contributed by atoms with van der Waals surface area (Å²) in [6, 6.07) is 20.6. The summed E-state index contributed by atoms with van der Waals surface area (Å²) in [5.41, 5.74) is 3.20. The van der Waals surface area contributed by atoms with Crippen LogP contribution in [0, 0.1) is 0 Å². The first-order valence-corrected chi connectivity index (χ1v) is 7.99. The van der Waals surface area contributed by atoms with Crippen LogP contribution in [-0.2, 0) is 5.79 Å². The minimum absolute atomic E-state index is 0.580. The average Bonchev–Trinajstić information content (AvgIpc) is 2.68. The van der Waals surface area contributed by atoms with Crippen molar-refractivity contribution in [2.75, 3.05) is 14.2 Å². The molecule has 25 heavy (non-hydrogen) atoms. The Kier molecular flexibility index (Phi) is 3.62. The van der Waals surface area contributed by atoms with Crippen LogP contribution < -0.4 is 14.2 Å². The van der Waals surface area contributed by atoms with Crippen molar-refractivity contribution in [1.29, 1.82) is 0 Å². The van der Waals surface area contributed by atoms with Crippen LogP contribution in [0.4, 0.5) is 0 Å². The Hall–Kier alpha value is -2.98. The van der Waals surface area contributed by atoms with Gasteiger partial charge in [-0.25, -0.2) is 0 Å². The van der Waals surface area contributed by atoms with Gasteiger partial charge in [-0.2, -0.15) is 0 Å². The fraction of sp³-hybridized carbons (Fsp3) is 0.143. The van der Waals surface area contributed by atoms with Crippen molar-refractivity contribution in [3.63, 3.8) is 0 Å². The van der Waals surface area contributed by atoms with Crippen molar-refractivity contribution in [2.45, 2.75) is 5.79 Å². The molecule has 1 aliphatic rings. The quantitative estimate of drug-likeness (QED) is 0.788. The van der Waals surface area contributed by atoms with E-state index in [1.165, 1.54) is 0 Å². The lowest BCUT2D eigenvalue weighted by Gasteiger charge is -2.36. The van der Waals surface area contributed by atoms with Crippen LogP contribution in [0.3, 0.4) is 0 Å². The molecule has 3 aromatic rings. The van der Waals surface area contributed by atoms with Crippen LogP contribution >= 0.6 is 0 Å². The second kappa shape index (κ2) is 5.83. The van der Waals surface area contributed by atoms with Gasteiger partial charge in [0.1, 0.15) is 17.2 Å². The summed E-state index contributed by atoms with van der Waals surface area (Å²) in [7, 11) is 3.22. The molecular formula is C21H18O4. The molecule has 1 atom stereocenters. The highest BCUT2D eigenvalue weighted by molar-refractivity contribution is 5.78. The van der Waals surface area contributed by atoms with Crippen molar-refractivity contribution in [3.8, 4) is 28.4 Å². The van der Waals surface area contributed by atoms with E-state index >= 15 is 0 Å². The van der Waals surface area contributed by atoms with Gasteiger partial charge in [-0.3, -0.25) is 0 Å². The molecule has 0 aliphatic carbocycles. The normalized spacial score (nSPS) is 17.9. The van der Waals surface area contributed by atoms with E-state index in [0.29, 0.717) is 22.6 Å². The maximum Gasteiger partial charge on any atom is 0.262 e. The van der Waals surface area contributed by atoms with Gasteiger partial charge in [-0.15, -0.1) is 0 Å². The molecule has 0 saturated carbocycles. The van der Waals surface area contributed by atoms with Gasteiger partial charge in [0, 0.05) is 22.8 Å². The molecular weight excluding hydrogens is 316 g/mol. The topological polar surface area (TPSA) is 47.9 Å². The summed E-state index contributed by atoms with van der Waals surface area (Å²) in [6.45, 7) is 0. The van der Waals surface area contributed by atoms with Crippen LogP contribution in [0.2, 0.25) is 0 Å². The Morgan fingerprint density at radius 1 is 0.800 bits per heavy atom. The van der Waals surface area contributed by atoms with Gasteiger partial charge in [0.15, 0.2) is 0 Å². The van der Waals surface area contributed by atoms with Crippen molar-refractivity contribution in [3.05, 3.63) is 77.9 Å². The van der Waals surface area contributed by atoms with Crippen LogP contribution in [0.15, 0.2) is 66.7 Å². The molecule has 0 aromatic heterocycles. The lowest BCUT2D eigenvalue weighted by molar-refractivity contribution is -0.110. The first kappa shape index (κ1) is 15.5. The number of hydrogen-bond donors (Lipinski definition) is 1. The molecule has 1 aliphatic heterocycles. The van der Waals surface area contributed by atoms with Crippen LogP contribution in [-0.4, -0.2) is 19.3 Å². The standard InChI is InChI=1S/C21H18O4/c1-23-15-9-7-14(8-10-15)21(22)19-6-4-3-5-17(19)18-12-11-16(24-2)13-20(18)25-21/h3-13,22H,1-2H3. The zero-order valence-electron chi connectivity index (χ0n) is 14.0. The number of methoxy groups -OCH3 is 2. The van der Waals surface area contributed by atoms with E-state index in [1.54, 1.807) is 44.6 Å². The molecule has 4 nitrogen and oxygen atoms in total. The number of fused-ring (bicyclic) bond motifs is 3. The number of ether oxygens (including phenoxy) is 3. The molecule has 4 heteroatoms. The SMILES string of the molecule is COc1ccc(C2(O)Oc3cc(OC)ccc3-c3ccccc32)cc1. The van der Waals surface area contributed by atoms with E-state index in [-0.39, 0.29) is 0 Å². The molecule has 1 heterocycles. The third-order valence-corrected chi connectivity index (χ3v) is 4.51. The summed E-state index contributed by atoms with van der Waals surface area (Å²) in [5, 5.41) is 11.5. The van der Waals surface area contributed by atoms with Gasteiger partial charge in [-0.1, -0.05) is 24.3 Å². The Balaban J connectivity index is 1.91. The summed E-state index contributed by atoms with van der Waals surface area (Å²) >= 11 is 0. The van der Waals surface area contributed by atoms with E-state index in [1.807, 2.05) is 36.4 Å². The van der Waals surface area contributed by atoms with Crippen molar-refractivity contribution in [2.24, 2.45) is 0 Å². The summed E-state index contributed by atoms with van der Waals surface area (Å²) < 4.78 is 16.6. The van der Waals surface area contributed by atoms with E-state index in [2.05, 4.69) is 0 Å². The number of benzene rings is 3. The molecule has 1 unspecified atom stereocenters. The summed E-state index contributed by atoms with van der Waals surface area (Å²) in [4.78, 5) is 0. The van der Waals surface area contributed by atoms with Gasteiger partial charge >= 0.3 is 0 Å². The number of rotatable bonds is 3. The number of aliphatic hydroxyl groups is 1. The predicted octanol–water partition coefficient (Wildman–Crippen LogP) is 3.96. The van der Waals surface area contributed by atoms with Gasteiger partial charge < -0.3 is 19.3 Å². The van der Waals surface area contributed by atoms with Crippen LogP contribution in [0.25, 0.3) is 11.1 Å². The third kappa shape index (κ3) is 2.42. The third-order valence-electron chi connectivity index (χ3n) is 4.51. The molecule has 1 N–H and O–H groups in total. The molecule has 3 aromatic carbocycles. The fourth-order valence-corrected chi connectivity index (χ4v) is 3.20.